The fourth-order valence-electron chi connectivity index (χ4n) is 4.46. The van der Waals surface area contributed by atoms with Gasteiger partial charge < -0.3 is 38.5 Å². The van der Waals surface area contributed by atoms with Gasteiger partial charge in [0.1, 0.15) is 24.2 Å². The van der Waals surface area contributed by atoms with Crippen molar-refractivity contribution in [2.75, 3.05) is 6.54 Å². The van der Waals surface area contributed by atoms with Crippen molar-refractivity contribution in [3.63, 3.8) is 0 Å². The van der Waals surface area contributed by atoms with Crippen LogP contribution in [0.3, 0.4) is 0 Å². The summed E-state index contributed by atoms with van der Waals surface area (Å²) in [5.74, 6) is -3.00. The molecule has 5 amide bonds. The molecule has 2 rings (SSSR count). The number of hydrogen-bond acceptors (Lipinski definition) is 6. The summed E-state index contributed by atoms with van der Waals surface area (Å²) >= 11 is 0. The lowest BCUT2D eigenvalue weighted by Crippen LogP contribution is -2.58. The average molecular weight is 597 g/mol. The van der Waals surface area contributed by atoms with Gasteiger partial charge in [-0.25, -0.2) is 0 Å². The van der Waals surface area contributed by atoms with Crippen LogP contribution < -0.4 is 38.5 Å². The molecule has 0 aliphatic carbocycles. The van der Waals surface area contributed by atoms with E-state index in [9.17, 15) is 24.0 Å². The summed E-state index contributed by atoms with van der Waals surface area (Å²) < 4.78 is 0. The predicted molar refractivity (Wildman–Crippen MR) is 165 cm³/mol. The largest absolute Gasteiger partial charge is 0.370 e. The topological polar surface area (TPSA) is 224 Å². The molecular weight excluding hydrogens is 552 g/mol. The first-order valence-corrected chi connectivity index (χ1v) is 14.3. The molecule has 0 radical (unpaired) electrons. The van der Waals surface area contributed by atoms with Crippen molar-refractivity contribution >= 4 is 46.3 Å². The van der Waals surface area contributed by atoms with Gasteiger partial charge in [-0.3, -0.25) is 29.0 Å². The van der Waals surface area contributed by atoms with Crippen LogP contribution in [0.15, 0.2) is 47.5 Å². The maximum atomic E-state index is 13.5. The van der Waals surface area contributed by atoms with Crippen LogP contribution in [0.2, 0.25) is 0 Å². The number of primary amides is 1. The van der Waals surface area contributed by atoms with Crippen molar-refractivity contribution in [2.24, 2.45) is 28.1 Å². The highest BCUT2D eigenvalue weighted by molar-refractivity contribution is 5.95. The van der Waals surface area contributed by atoms with E-state index in [1.807, 2.05) is 56.3 Å². The summed E-state index contributed by atoms with van der Waals surface area (Å²) in [6.07, 6.45) is 0.963. The first kappa shape index (κ1) is 34.5. The second-order valence-corrected chi connectivity index (χ2v) is 11.0. The third-order valence-electron chi connectivity index (χ3n) is 6.65. The fraction of sp³-hybridized carbons (Fsp3) is 0.467. The second kappa shape index (κ2) is 16.7. The van der Waals surface area contributed by atoms with Crippen molar-refractivity contribution in [3.8, 4) is 0 Å². The van der Waals surface area contributed by atoms with Gasteiger partial charge in [0.05, 0.1) is 0 Å². The van der Waals surface area contributed by atoms with Crippen LogP contribution in [0.4, 0.5) is 0 Å². The predicted octanol–water partition coefficient (Wildman–Crippen LogP) is -0.0537. The van der Waals surface area contributed by atoms with E-state index in [1.54, 1.807) is 0 Å². The zero-order valence-corrected chi connectivity index (χ0v) is 25.2. The van der Waals surface area contributed by atoms with Gasteiger partial charge in [-0.15, -0.1) is 0 Å². The number of carbonyl (C=O) groups is 5. The van der Waals surface area contributed by atoms with Crippen LogP contribution in [0, 0.1) is 5.92 Å². The molecule has 0 saturated heterocycles. The summed E-state index contributed by atoms with van der Waals surface area (Å²) in [6, 6.07) is 9.60. The van der Waals surface area contributed by atoms with Gasteiger partial charge in [-0.2, -0.15) is 0 Å². The molecule has 10 N–H and O–H groups in total. The Morgan fingerprint density at radius 2 is 1.37 bits per heavy atom. The standard InChI is InChI=1S/C30H44N8O5/c1-17(2)14-24(28(42)37-23(10-7-13-34-30(32)33)27(41)35-18(3)26(31)40)38-29(43)25(36-19(4)39)16-20-11-12-21-8-5-6-9-22(21)15-20/h5-6,8-9,11-12,15,17-18,23-25H,7,10,13-14,16H2,1-4H3,(H2,31,40)(H,35,41)(H,36,39)(H,37,42)(H,38,43)(H4,32,33,34)/t18-,23+,24+,25-/m1/s1. The summed E-state index contributed by atoms with van der Waals surface area (Å²) in [5, 5.41) is 12.7. The van der Waals surface area contributed by atoms with E-state index < -0.39 is 53.7 Å². The second-order valence-electron chi connectivity index (χ2n) is 11.0. The summed E-state index contributed by atoms with van der Waals surface area (Å²) in [6.45, 7) is 6.74. The molecule has 0 heterocycles. The lowest BCUT2D eigenvalue weighted by molar-refractivity contribution is -0.134. The van der Waals surface area contributed by atoms with Gasteiger partial charge in [0.25, 0.3) is 0 Å². The monoisotopic (exact) mass is 596 g/mol. The Morgan fingerprint density at radius 1 is 0.767 bits per heavy atom. The average Bonchev–Trinajstić information content (AvgIpc) is 2.92. The molecular formula is C30H44N8O5. The quantitative estimate of drug-likeness (QED) is 0.0793. The molecule has 0 aliphatic heterocycles. The molecule has 13 heteroatoms. The number of nitrogens with two attached hydrogens (primary N) is 3. The van der Waals surface area contributed by atoms with Crippen molar-refractivity contribution in [2.45, 2.75) is 77.5 Å². The molecule has 43 heavy (non-hydrogen) atoms. The highest BCUT2D eigenvalue weighted by Crippen LogP contribution is 2.17. The Balaban J connectivity index is 2.23. The zero-order valence-electron chi connectivity index (χ0n) is 25.2. The number of fused-ring (bicyclic) bond motifs is 1. The first-order valence-electron chi connectivity index (χ1n) is 14.3. The molecule has 0 bridgehead atoms. The Bertz CT molecular complexity index is 1320. The van der Waals surface area contributed by atoms with Crippen LogP contribution in [-0.2, 0) is 30.4 Å². The molecule has 0 unspecified atom stereocenters. The smallest absolute Gasteiger partial charge is 0.243 e. The number of carbonyl (C=O) groups excluding carboxylic acids is 5. The zero-order chi connectivity index (χ0) is 32.1. The number of nitrogens with zero attached hydrogens (tertiary/aromatic N) is 1. The number of hydrogen-bond donors (Lipinski definition) is 7. The molecule has 0 saturated carbocycles. The minimum Gasteiger partial charge on any atom is -0.370 e. The highest BCUT2D eigenvalue weighted by atomic mass is 16.2. The maximum Gasteiger partial charge on any atom is 0.243 e. The molecule has 2 aromatic carbocycles. The van der Waals surface area contributed by atoms with Gasteiger partial charge >= 0.3 is 0 Å². The summed E-state index contributed by atoms with van der Waals surface area (Å²) in [5.41, 5.74) is 16.9. The maximum absolute atomic E-state index is 13.5. The highest BCUT2D eigenvalue weighted by Gasteiger charge is 2.30. The lowest BCUT2D eigenvalue weighted by atomic mass is 9.99. The summed E-state index contributed by atoms with van der Waals surface area (Å²) in [4.78, 5) is 67.3. The first-order chi connectivity index (χ1) is 20.3. The van der Waals surface area contributed by atoms with Crippen molar-refractivity contribution < 1.29 is 24.0 Å². The molecule has 0 aromatic heterocycles. The molecule has 0 aliphatic rings. The van der Waals surface area contributed by atoms with Gasteiger partial charge in [-0.1, -0.05) is 56.3 Å². The van der Waals surface area contributed by atoms with Crippen LogP contribution in [0.1, 0.15) is 52.5 Å². The van der Waals surface area contributed by atoms with Gasteiger partial charge in [0.15, 0.2) is 5.96 Å². The normalized spacial score (nSPS) is 13.7. The number of rotatable bonds is 16. The number of aliphatic imine (C=N–C) groups is 1. The van der Waals surface area contributed by atoms with E-state index in [-0.39, 0.29) is 37.7 Å². The van der Waals surface area contributed by atoms with Gasteiger partial charge in [-0.05, 0) is 48.4 Å². The van der Waals surface area contributed by atoms with E-state index >= 15 is 0 Å². The molecule has 13 nitrogen and oxygen atoms in total. The van der Waals surface area contributed by atoms with Crippen LogP contribution in [0.5, 0.6) is 0 Å². The van der Waals surface area contributed by atoms with Gasteiger partial charge in [0, 0.05) is 19.9 Å². The molecule has 0 spiro atoms. The van der Waals surface area contributed by atoms with E-state index in [4.69, 9.17) is 17.2 Å². The molecule has 234 valence electrons. The minimum atomic E-state index is -1.06. The van der Waals surface area contributed by atoms with Crippen molar-refractivity contribution in [3.05, 3.63) is 48.0 Å². The molecule has 2 aromatic rings. The van der Waals surface area contributed by atoms with E-state index in [1.165, 1.54) is 13.8 Å². The fourth-order valence-corrected chi connectivity index (χ4v) is 4.46. The number of benzene rings is 2. The van der Waals surface area contributed by atoms with Crippen LogP contribution >= 0.6 is 0 Å². The number of guanidine groups is 1. The van der Waals surface area contributed by atoms with E-state index in [0.717, 1.165) is 16.3 Å². The number of amides is 5. The van der Waals surface area contributed by atoms with E-state index in [0.29, 0.717) is 6.42 Å². The van der Waals surface area contributed by atoms with E-state index in [2.05, 4.69) is 26.3 Å². The number of nitrogens with one attached hydrogen (secondary N) is 4. The lowest BCUT2D eigenvalue weighted by Gasteiger charge is -2.26. The Labute approximate surface area is 251 Å². The minimum absolute atomic E-state index is 0.000203. The van der Waals surface area contributed by atoms with Crippen LogP contribution in [0.25, 0.3) is 10.8 Å². The molecule has 4 atom stereocenters. The SMILES string of the molecule is CC(=O)N[C@H](Cc1ccc2ccccc2c1)C(=O)N[C@@H](CC(C)C)C(=O)N[C@@H](CCCN=C(N)N)C(=O)N[C@H](C)C(N)=O. The van der Waals surface area contributed by atoms with Crippen molar-refractivity contribution in [1.29, 1.82) is 0 Å². The van der Waals surface area contributed by atoms with Crippen LogP contribution in [-0.4, -0.2) is 66.2 Å². The third kappa shape index (κ3) is 12.0. The third-order valence-corrected chi connectivity index (χ3v) is 6.65. The Kier molecular flexibility index (Phi) is 13.4. The Hall–Kier alpha value is -4.68. The summed E-state index contributed by atoms with van der Waals surface area (Å²) in [7, 11) is 0. The Morgan fingerprint density at radius 3 is 1.98 bits per heavy atom. The molecule has 0 fully saturated rings. The van der Waals surface area contributed by atoms with Crippen molar-refractivity contribution in [1.82, 2.24) is 21.3 Å². The van der Waals surface area contributed by atoms with Gasteiger partial charge in [0.2, 0.25) is 29.5 Å².